The minimum Gasteiger partial charge on any atom is 0 e. The van der Waals surface area contributed by atoms with Crippen molar-refractivity contribution in [1.29, 1.82) is 0 Å². The van der Waals surface area contributed by atoms with Crippen molar-refractivity contribution in [3.8, 4) is 0 Å². The molecule has 0 unspecified atom stereocenters. The van der Waals surface area contributed by atoms with Crippen LogP contribution in [0.1, 0.15) is 0 Å². The van der Waals surface area contributed by atoms with E-state index in [-0.39, 0.29) is 23.0 Å². The van der Waals surface area contributed by atoms with Gasteiger partial charge < -0.3 is 4.74 Å². The van der Waals surface area contributed by atoms with Gasteiger partial charge in [0.2, 0.25) is 0 Å². The molecule has 0 saturated carbocycles. The summed E-state index contributed by atoms with van der Waals surface area (Å²) in [6.45, 7) is 13.5. The minimum atomic E-state index is -0.278. The van der Waals surface area contributed by atoms with E-state index in [1.807, 2.05) is 0 Å². The smallest absolute Gasteiger partial charge is 0 e. The molecule has 0 spiro atoms. The molecule has 16 heavy (non-hydrogen) atoms. The maximum Gasteiger partial charge on any atom is 0 e. The third-order valence-electron chi connectivity index (χ3n) is 1.08. The average molecular weight is 262 g/mol. The van der Waals surface area contributed by atoms with Crippen LogP contribution in [0.4, 0.5) is 0 Å². The quantitative estimate of drug-likeness (QED) is 0.302. The van der Waals surface area contributed by atoms with E-state index in [1.165, 1.54) is 7.11 Å². The second-order valence-electron chi connectivity index (χ2n) is 1.67. The van der Waals surface area contributed by atoms with Crippen molar-refractivity contribution in [2.24, 2.45) is 0 Å². The number of esters is 1. The van der Waals surface area contributed by atoms with Crippen molar-refractivity contribution in [3.05, 3.63) is 50.2 Å². The predicted molar refractivity (Wildman–Crippen MR) is 45.3 cm³/mol. The molecule has 0 bridgehead atoms. The second kappa shape index (κ2) is 23.5. The number of hydrogen-bond donors (Lipinski definition) is 0. The number of hydrogen-bond acceptors (Lipinski definition) is 2. The van der Waals surface area contributed by atoms with Crippen molar-refractivity contribution in [2.45, 2.75) is 0 Å². The first-order chi connectivity index (χ1) is 7.34. The van der Waals surface area contributed by atoms with Gasteiger partial charge in [-0.1, -0.05) is 18.2 Å². The molecule has 0 fully saturated rings. The first-order valence-electron chi connectivity index (χ1n) is 3.26. The Morgan fingerprint density at radius 3 is 1.88 bits per heavy atom. The summed E-state index contributed by atoms with van der Waals surface area (Å²) in [5.74, 6) is -0.278. The van der Waals surface area contributed by atoms with Crippen LogP contribution in [0.25, 0.3) is 0 Å². The van der Waals surface area contributed by atoms with Gasteiger partial charge in [0.1, 0.15) is 0 Å². The summed E-state index contributed by atoms with van der Waals surface area (Å²) in [6.07, 6.45) is 7.02. The van der Waals surface area contributed by atoms with Gasteiger partial charge in [-0.05, 0) is 0 Å². The van der Waals surface area contributed by atoms with Gasteiger partial charge in [0.05, 0.1) is 12.7 Å². The Bertz CT molecular complexity index is 271. The van der Waals surface area contributed by atoms with E-state index in [0.29, 0.717) is 5.57 Å². The van der Waals surface area contributed by atoms with E-state index < -0.39 is 0 Å². The summed E-state index contributed by atoms with van der Waals surface area (Å²) in [5.41, 5.74) is 0.609. The number of ether oxygens (including phenoxy) is 1. The van der Waals surface area contributed by atoms with Crippen LogP contribution in [0.5, 0.6) is 0 Å². The van der Waals surface area contributed by atoms with Gasteiger partial charge in [-0.3, -0.25) is 0 Å². The van der Waals surface area contributed by atoms with Crippen LogP contribution in [0.15, 0.2) is 23.8 Å². The number of rotatable bonds is 1. The van der Waals surface area contributed by atoms with Crippen LogP contribution >= 0.6 is 0 Å². The molecule has 0 atom stereocenters. The van der Waals surface area contributed by atoms with Gasteiger partial charge in [0, 0.05) is 23.5 Å². The van der Waals surface area contributed by atoms with E-state index in [9.17, 15) is 4.79 Å². The van der Waals surface area contributed by atoms with Crippen molar-refractivity contribution < 1.29 is 40.6 Å². The van der Waals surface area contributed by atoms with Gasteiger partial charge >= 0.3 is 39.9 Å². The predicted octanol–water partition coefficient (Wildman–Crippen LogP) is 0.745. The molecule has 2 radical (unpaired) electrons. The Kier molecular flexibility index (Phi) is 35.4. The van der Waals surface area contributed by atoms with Crippen LogP contribution in [0.2, 0.25) is 0 Å². The summed E-state index contributed by atoms with van der Waals surface area (Å²) in [7, 11) is 1.37. The van der Waals surface area contributed by atoms with Crippen LogP contribution in [0, 0.1) is 26.4 Å². The summed E-state index contributed by atoms with van der Waals surface area (Å²) in [4.78, 5) is 10.7. The molecular weight excluding hydrogens is 255 g/mol. The molecular formula is C10H7MnO5. The van der Waals surface area contributed by atoms with E-state index >= 15 is 0 Å². The Labute approximate surface area is 104 Å². The number of methoxy groups -OCH3 is 1. The van der Waals surface area contributed by atoms with Gasteiger partial charge in [-0.25, -0.2) is 4.79 Å². The molecule has 0 amide bonds. The standard InChI is InChI=1S/C7H7O2.3CO.Mn/c1-9-7(8)6-4-2-3-5-6;3*1-2;/h2-5H,1H3;;;;. The molecule has 0 aromatic carbocycles. The van der Waals surface area contributed by atoms with Gasteiger partial charge in [-0.15, -0.1) is 0 Å². The number of carbonyl (C=O) groups is 1. The van der Waals surface area contributed by atoms with Crippen molar-refractivity contribution >= 4 is 5.97 Å². The third-order valence-corrected chi connectivity index (χ3v) is 1.08. The average Bonchev–Trinajstić information content (AvgIpc) is 2.89. The molecule has 0 saturated heterocycles. The fraction of sp³-hybridized carbons (Fsp3) is 0.100. The molecule has 5 nitrogen and oxygen atoms in total. The van der Waals surface area contributed by atoms with Crippen LogP contribution in [0.3, 0.4) is 0 Å². The van der Waals surface area contributed by atoms with E-state index in [2.05, 4.69) is 24.7 Å². The van der Waals surface area contributed by atoms with Gasteiger partial charge in [-0.2, -0.15) is 0 Å². The molecule has 0 N–H and O–H groups in total. The van der Waals surface area contributed by atoms with Crippen molar-refractivity contribution in [2.75, 3.05) is 7.11 Å². The number of allylic oxidation sites excluding steroid dienone is 2. The first kappa shape index (κ1) is 24.1. The molecule has 0 aromatic heterocycles. The minimum absolute atomic E-state index is 0. The Morgan fingerprint density at radius 1 is 1.19 bits per heavy atom. The largest absolute Gasteiger partial charge is 0 e. The van der Waals surface area contributed by atoms with Crippen LogP contribution in [-0.2, 0) is 40.6 Å². The molecule has 1 rings (SSSR count). The van der Waals surface area contributed by atoms with E-state index in [0.717, 1.165) is 0 Å². The van der Waals surface area contributed by atoms with Crippen LogP contribution < -0.4 is 0 Å². The summed E-state index contributed by atoms with van der Waals surface area (Å²) < 4.78 is 27.0. The summed E-state index contributed by atoms with van der Waals surface area (Å²) in [6, 6.07) is 0. The molecule has 1 aliphatic carbocycles. The second-order valence-corrected chi connectivity index (χ2v) is 1.67. The zero-order chi connectivity index (χ0) is 12.7. The molecule has 1 aliphatic rings. The first-order valence-corrected chi connectivity index (χ1v) is 3.26. The fourth-order valence-electron chi connectivity index (χ4n) is 0.628. The fourth-order valence-corrected chi connectivity index (χ4v) is 0.628. The van der Waals surface area contributed by atoms with Crippen molar-refractivity contribution in [3.63, 3.8) is 0 Å². The summed E-state index contributed by atoms with van der Waals surface area (Å²) in [5, 5.41) is 0. The molecule has 84 valence electrons. The normalized spacial score (nSPS) is 9.06. The Morgan fingerprint density at radius 2 is 1.62 bits per heavy atom. The van der Waals surface area contributed by atoms with Crippen molar-refractivity contribution in [1.82, 2.24) is 0 Å². The Balaban J connectivity index is -0.0000000900. The third kappa shape index (κ3) is 12.7. The zero-order valence-corrected chi connectivity index (χ0v) is 9.41. The van der Waals surface area contributed by atoms with Gasteiger partial charge in [0.25, 0.3) is 0 Å². The number of carbonyl (C=O) groups excluding carboxylic acids is 1. The molecule has 6 heteroatoms. The van der Waals surface area contributed by atoms with E-state index in [1.54, 1.807) is 24.6 Å². The monoisotopic (exact) mass is 262 g/mol. The topological polar surface area (TPSA) is 86.0 Å². The Hall–Kier alpha value is -1.31. The van der Waals surface area contributed by atoms with Gasteiger partial charge in [0.15, 0.2) is 0 Å². The summed E-state index contributed by atoms with van der Waals surface area (Å²) >= 11 is 0. The SMILES string of the molecule is COC(=O)C1=C[CH]C=C1.[C-]#[O+].[C-]#[O+].[C-]#[O+].[Mn]. The zero-order valence-electron chi connectivity index (χ0n) is 8.23. The molecule has 0 aliphatic heterocycles. The maximum atomic E-state index is 10.7. The van der Waals surface area contributed by atoms with E-state index in [4.69, 9.17) is 14.0 Å². The van der Waals surface area contributed by atoms with Crippen LogP contribution in [-0.4, -0.2) is 13.1 Å². The maximum absolute atomic E-state index is 10.7. The molecule has 0 aromatic rings. The molecule has 0 heterocycles.